The summed E-state index contributed by atoms with van der Waals surface area (Å²) in [5, 5.41) is 4.28. The number of hydrogen-bond donors (Lipinski definition) is 1. The molecule has 1 aromatic rings. The molecule has 0 aromatic carbocycles. The second-order valence-electron chi connectivity index (χ2n) is 4.47. The van der Waals surface area contributed by atoms with Gasteiger partial charge in [0.1, 0.15) is 6.54 Å². The van der Waals surface area contributed by atoms with Crippen molar-refractivity contribution in [2.45, 2.75) is 32.9 Å². The summed E-state index contributed by atoms with van der Waals surface area (Å²) in [5.41, 5.74) is 7.74. The van der Waals surface area contributed by atoms with E-state index in [2.05, 4.69) is 5.10 Å². The molecule has 16 heavy (non-hydrogen) atoms. The van der Waals surface area contributed by atoms with E-state index in [1.54, 1.807) is 4.68 Å². The molecule has 88 valence electrons. The maximum absolute atomic E-state index is 11.9. The maximum atomic E-state index is 11.9. The molecule has 0 bridgehead atoms. The summed E-state index contributed by atoms with van der Waals surface area (Å²) >= 11 is 0. The fraction of sp³-hybridized carbons (Fsp3) is 0.636. The molecule has 0 aliphatic carbocycles. The molecule has 1 atom stereocenters. The molecule has 0 spiro atoms. The quantitative estimate of drug-likeness (QED) is 0.769. The molecular weight excluding hydrogens is 204 g/mol. The molecule has 5 nitrogen and oxygen atoms in total. The Morgan fingerprint density at radius 3 is 2.88 bits per heavy atom. The first-order valence-corrected chi connectivity index (χ1v) is 5.60. The molecule has 2 heterocycles. The fourth-order valence-corrected chi connectivity index (χ4v) is 2.08. The van der Waals surface area contributed by atoms with Crippen LogP contribution in [0.2, 0.25) is 0 Å². The van der Waals surface area contributed by atoms with Crippen LogP contribution >= 0.6 is 0 Å². The van der Waals surface area contributed by atoms with Gasteiger partial charge in [-0.2, -0.15) is 5.10 Å². The van der Waals surface area contributed by atoms with Crippen molar-refractivity contribution in [3.8, 4) is 0 Å². The molecule has 0 saturated carbocycles. The van der Waals surface area contributed by atoms with Crippen LogP contribution in [0, 0.1) is 13.8 Å². The van der Waals surface area contributed by atoms with Crippen molar-refractivity contribution < 1.29 is 4.79 Å². The van der Waals surface area contributed by atoms with Crippen molar-refractivity contribution in [3.05, 3.63) is 17.5 Å². The Bertz CT molecular complexity index is 399. The lowest BCUT2D eigenvalue weighted by Gasteiger charge is -2.16. The van der Waals surface area contributed by atoms with Crippen LogP contribution in [0.5, 0.6) is 0 Å². The average Bonchev–Trinajstić information content (AvgIpc) is 2.74. The number of likely N-dealkylation sites (tertiary alicyclic amines) is 1. The van der Waals surface area contributed by atoms with E-state index in [0.717, 1.165) is 24.4 Å². The Morgan fingerprint density at radius 1 is 1.62 bits per heavy atom. The zero-order valence-corrected chi connectivity index (χ0v) is 9.81. The second-order valence-corrected chi connectivity index (χ2v) is 4.47. The lowest BCUT2D eigenvalue weighted by atomic mass is 10.3. The van der Waals surface area contributed by atoms with Gasteiger partial charge in [-0.1, -0.05) is 0 Å². The van der Waals surface area contributed by atoms with Crippen molar-refractivity contribution in [2.75, 3.05) is 13.1 Å². The van der Waals surface area contributed by atoms with Crippen LogP contribution in [0.3, 0.4) is 0 Å². The van der Waals surface area contributed by atoms with Crippen LogP contribution in [-0.2, 0) is 11.3 Å². The van der Waals surface area contributed by atoms with E-state index in [0.29, 0.717) is 13.1 Å². The predicted molar refractivity (Wildman–Crippen MR) is 60.9 cm³/mol. The molecule has 1 saturated heterocycles. The third kappa shape index (κ3) is 2.24. The van der Waals surface area contributed by atoms with Gasteiger partial charge in [0.25, 0.3) is 0 Å². The molecule has 1 amide bonds. The first-order chi connectivity index (χ1) is 7.56. The zero-order chi connectivity index (χ0) is 11.7. The van der Waals surface area contributed by atoms with Gasteiger partial charge in [0.05, 0.1) is 5.69 Å². The minimum atomic E-state index is 0.110. The largest absolute Gasteiger partial charge is 0.339 e. The fourth-order valence-electron chi connectivity index (χ4n) is 2.08. The van der Waals surface area contributed by atoms with Gasteiger partial charge in [-0.25, -0.2) is 0 Å². The van der Waals surface area contributed by atoms with E-state index in [1.807, 2.05) is 24.8 Å². The summed E-state index contributed by atoms with van der Waals surface area (Å²) in [5.74, 6) is 0.110. The molecule has 1 fully saturated rings. The molecule has 2 N–H and O–H groups in total. The Hall–Kier alpha value is -1.36. The van der Waals surface area contributed by atoms with Crippen molar-refractivity contribution >= 4 is 5.91 Å². The monoisotopic (exact) mass is 222 g/mol. The lowest BCUT2D eigenvalue weighted by Crippen LogP contribution is -2.34. The molecule has 1 aromatic heterocycles. The van der Waals surface area contributed by atoms with E-state index >= 15 is 0 Å². The molecule has 5 heteroatoms. The first-order valence-electron chi connectivity index (χ1n) is 5.60. The average molecular weight is 222 g/mol. The van der Waals surface area contributed by atoms with E-state index in [9.17, 15) is 4.79 Å². The van der Waals surface area contributed by atoms with Gasteiger partial charge >= 0.3 is 0 Å². The number of nitrogens with zero attached hydrogens (tertiary/aromatic N) is 3. The van der Waals surface area contributed by atoms with Gasteiger partial charge in [-0.15, -0.1) is 0 Å². The molecule has 1 aliphatic rings. The van der Waals surface area contributed by atoms with Crippen LogP contribution in [0.1, 0.15) is 17.8 Å². The Balaban J connectivity index is 1.99. The molecule has 0 radical (unpaired) electrons. The van der Waals surface area contributed by atoms with Crippen LogP contribution < -0.4 is 5.73 Å². The minimum absolute atomic E-state index is 0.110. The van der Waals surface area contributed by atoms with Crippen molar-refractivity contribution in [1.82, 2.24) is 14.7 Å². The zero-order valence-electron chi connectivity index (χ0n) is 9.81. The van der Waals surface area contributed by atoms with Crippen molar-refractivity contribution in [1.29, 1.82) is 0 Å². The van der Waals surface area contributed by atoms with Crippen LogP contribution in [-0.4, -0.2) is 39.7 Å². The number of nitrogens with two attached hydrogens (primary N) is 1. The van der Waals surface area contributed by atoms with Gasteiger partial charge in [0, 0.05) is 24.8 Å². The second kappa shape index (κ2) is 4.25. The van der Waals surface area contributed by atoms with Crippen LogP contribution in [0.25, 0.3) is 0 Å². The summed E-state index contributed by atoms with van der Waals surface area (Å²) in [6.45, 7) is 5.67. The highest BCUT2D eigenvalue weighted by atomic mass is 16.2. The summed E-state index contributed by atoms with van der Waals surface area (Å²) in [6.07, 6.45) is 0.906. The van der Waals surface area contributed by atoms with Gasteiger partial charge in [0.2, 0.25) is 5.91 Å². The number of carbonyl (C=O) groups is 1. The molecular formula is C11H18N4O. The van der Waals surface area contributed by atoms with E-state index in [4.69, 9.17) is 5.73 Å². The topological polar surface area (TPSA) is 64.2 Å². The molecule has 1 unspecified atom stereocenters. The van der Waals surface area contributed by atoms with E-state index in [-0.39, 0.29) is 11.9 Å². The first kappa shape index (κ1) is 11.1. The SMILES string of the molecule is Cc1cc(C)n(CC(=O)N2CCC(N)C2)n1. The number of hydrogen-bond acceptors (Lipinski definition) is 3. The van der Waals surface area contributed by atoms with Gasteiger partial charge in [0.15, 0.2) is 0 Å². The predicted octanol–water partition coefficient (Wildman–Crippen LogP) is 0.0595. The van der Waals surface area contributed by atoms with Crippen LogP contribution in [0.15, 0.2) is 6.07 Å². The molecule has 2 rings (SSSR count). The summed E-state index contributed by atoms with van der Waals surface area (Å²) in [7, 11) is 0. The summed E-state index contributed by atoms with van der Waals surface area (Å²) in [6, 6.07) is 2.12. The number of amides is 1. The number of rotatable bonds is 2. The van der Waals surface area contributed by atoms with Crippen LogP contribution in [0.4, 0.5) is 0 Å². The van der Waals surface area contributed by atoms with E-state index in [1.165, 1.54) is 0 Å². The van der Waals surface area contributed by atoms with Gasteiger partial charge < -0.3 is 10.6 Å². The Morgan fingerprint density at radius 2 is 2.38 bits per heavy atom. The highest BCUT2D eigenvalue weighted by Gasteiger charge is 2.23. The molecule has 1 aliphatic heterocycles. The summed E-state index contributed by atoms with van der Waals surface area (Å²) < 4.78 is 1.75. The van der Waals surface area contributed by atoms with E-state index < -0.39 is 0 Å². The third-order valence-corrected chi connectivity index (χ3v) is 2.97. The summed E-state index contributed by atoms with van der Waals surface area (Å²) in [4.78, 5) is 13.8. The smallest absolute Gasteiger partial charge is 0.244 e. The highest BCUT2D eigenvalue weighted by molar-refractivity contribution is 5.76. The minimum Gasteiger partial charge on any atom is -0.339 e. The lowest BCUT2D eigenvalue weighted by molar-refractivity contribution is -0.131. The Kier molecular flexibility index (Phi) is 2.96. The number of carbonyl (C=O) groups excluding carboxylic acids is 1. The normalized spacial score (nSPS) is 20.4. The van der Waals surface area contributed by atoms with Crippen molar-refractivity contribution in [2.24, 2.45) is 5.73 Å². The standard InChI is InChI=1S/C11H18N4O/c1-8-5-9(2)15(13-8)7-11(16)14-4-3-10(12)6-14/h5,10H,3-4,6-7,12H2,1-2H3. The maximum Gasteiger partial charge on any atom is 0.244 e. The van der Waals surface area contributed by atoms with Crippen molar-refractivity contribution in [3.63, 3.8) is 0 Å². The van der Waals surface area contributed by atoms with Gasteiger partial charge in [-0.3, -0.25) is 9.48 Å². The number of aromatic nitrogens is 2. The highest BCUT2D eigenvalue weighted by Crippen LogP contribution is 2.09. The van der Waals surface area contributed by atoms with Gasteiger partial charge in [-0.05, 0) is 26.3 Å². The Labute approximate surface area is 95.2 Å². The number of aryl methyl sites for hydroxylation is 2. The third-order valence-electron chi connectivity index (χ3n) is 2.97.